The van der Waals surface area contributed by atoms with Crippen LogP contribution in [0.5, 0.6) is 0 Å². The highest BCUT2D eigenvalue weighted by Crippen LogP contribution is 2.34. The molecule has 0 amide bonds. The maximum atomic E-state index is 12.2. The average Bonchev–Trinajstić information content (AvgIpc) is 3.89. The first kappa shape index (κ1) is 48.4. The van der Waals surface area contributed by atoms with Gasteiger partial charge in [-0.2, -0.15) is 0 Å². The molecular weight excluding hydrogens is 732 g/mol. The van der Waals surface area contributed by atoms with Gasteiger partial charge in [0.05, 0.1) is 24.4 Å². The van der Waals surface area contributed by atoms with E-state index >= 15 is 0 Å². The smallest absolute Gasteiger partial charge is 0.334 e. The van der Waals surface area contributed by atoms with Crippen molar-refractivity contribution in [2.45, 2.75) is 244 Å². The van der Waals surface area contributed by atoms with Crippen LogP contribution < -0.4 is 0 Å². The van der Waals surface area contributed by atoms with Gasteiger partial charge in [-0.3, -0.25) is 19.2 Å². The first-order chi connectivity index (χ1) is 27.3. The van der Waals surface area contributed by atoms with Gasteiger partial charge in [0.15, 0.2) is 0 Å². The first-order valence-corrected chi connectivity index (χ1v) is 22.3. The lowest BCUT2D eigenvalue weighted by molar-refractivity contribution is -0.167. The van der Waals surface area contributed by atoms with E-state index in [2.05, 4.69) is 6.92 Å². The number of hydrogen-bond acceptors (Lipinski definition) is 12. The third-order valence-electron chi connectivity index (χ3n) is 11.3. The van der Waals surface area contributed by atoms with Gasteiger partial charge in [0.25, 0.3) is 0 Å². The lowest BCUT2D eigenvalue weighted by Crippen LogP contribution is -2.37. The molecule has 2 fully saturated rings. The Bertz CT molecular complexity index is 1260. The van der Waals surface area contributed by atoms with Crippen molar-refractivity contribution in [3.8, 4) is 0 Å². The summed E-state index contributed by atoms with van der Waals surface area (Å²) >= 11 is 0. The van der Waals surface area contributed by atoms with Gasteiger partial charge in [-0.15, -0.1) is 0 Å². The predicted molar refractivity (Wildman–Crippen MR) is 215 cm³/mol. The van der Waals surface area contributed by atoms with Crippen LogP contribution in [0, 0.1) is 0 Å². The summed E-state index contributed by atoms with van der Waals surface area (Å²) in [5.41, 5.74) is 0.579. The molecule has 0 saturated carbocycles. The second kappa shape index (κ2) is 26.9. The minimum atomic E-state index is -0.520. The van der Waals surface area contributed by atoms with Gasteiger partial charge in [-0.05, 0) is 83.6 Å². The van der Waals surface area contributed by atoms with Gasteiger partial charge in [0.1, 0.15) is 30.5 Å². The Labute approximate surface area is 342 Å². The number of esters is 5. The molecule has 3 rings (SSSR count). The second-order valence-electron chi connectivity index (χ2n) is 16.5. The van der Waals surface area contributed by atoms with Crippen LogP contribution in [-0.4, -0.2) is 84.8 Å². The van der Waals surface area contributed by atoms with E-state index in [1.165, 1.54) is 66.2 Å². The van der Waals surface area contributed by atoms with Crippen molar-refractivity contribution >= 4 is 29.8 Å². The van der Waals surface area contributed by atoms with Crippen LogP contribution in [0.15, 0.2) is 11.6 Å². The number of carbonyl (C=O) groups excluding carboxylic acids is 5. The van der Waals surface area contributed by atoms with Crippen LogP contribution in [-0.2, 0) is 57.1 Å². The molecule has 0 aromatic heterocycles. The van der Waals surface area contributed by atoms with Crippen LogP contribution in [0.2, 0.25) is 0 Å². The number of rotatable bonds is 29. The van der Waals surface area contributed by atoms with E-state index < -0.39 is 18.2 Å². The number of hydrogen-bond donors (Lipinski definition) is 0. The highest BCUT2D eigenvalue weighted by Gasteiger charge is 2.40. The molecule has 3 aliphatic heterocycles. The summed E-state index contributed by atoms with van der Waals surface area (Å²) in [6.07, 6.45) is 20.5. The molecule has 0 unspecified atom stereocenters. The molecule has 3 aliphatic rings. The van der Waals surface area contributed by atoms with Crippen molar-refractivity contribution in [2.24, 2.45) is 0 Å². The van der Waals surface area contributed by atoms with Crippen molar-refractivity contribution in [3.63, 3.8) is 0 Å². The minimum absolute atomic E-state index is 0.0886. The SMILES string of the molecule is CCCCCCCCCC[C@H](OC(C)=O)[C@H]1CC[C@H]([C@@H](CC[C@H](OC(C)=O)[C@@H]2CC[C@@H](CCCCCCC[C@H](CC3=C[C@H](C)OC3=O)OC(C)=O)O2)OC(C)=O)O1. The van der Waals surface area contributed by atoms with E-state index in [1.54, 1.807) is 6.08 Å². The summed E-state index contributed by atoms with van der Waals surface area (Å²) in [5, 5.41) is 0. The lowest BCUT2D eigenvalue weighted by atomic mass is 9.98. The normalized spacial score (nSPS) is 23.9. The van der Waals surface area contributed by atoms with E-state index in [4.69, 9.17) is 33.2 Å². The molecular formula is C45H74O12. The largest absolute Gasteiger partial charge is 0.462 e. The fourth-order valence-corrected chi connectivity index (χ4v) is 8.60. The van der Waals surface area contributed by atoms with E-state index in [1.807, 2.05) is 6.92 Å². The Hall–Kier alpha value is -2.99. The van der Waals surface area contributed by atoms with Crippen LogP contribution >= 0.6 is 0 Å². The zero-order valence-electron chi connectivity index (χ0n) is 35.9. The maximum Gasteiger partial charge on any atom is 0.334 e. The zero-order chi connectivity index (χ0) is 41.6. The molecule has 0 N–H and O–H groups in total. The Morgan fingerprint density at radius 1 is 0.596 bits per heavy atom. The van der Waals surface area contributed by atoms with Gasteiger partial charge < -0.3 is 33.2 Å². The molecule has 0 bridgehead atoms. The molecule has 0 spiro atoms. The first-order valence-electron chi connectivity index (χ1n) is 22.3. The molecule has 57 heavy (non-hydrogen) atoms. The Balaban J connectivity index is 1.42. The molecule has 12 heteroatoms. The Morgan fingerprint density at radius 2 is 1.05 bits per heavy atom. The van der Waals surface area contributed by atoms with E-state index in [0.717, 1.165) is 70.6 Å². The summed E-state index contributed by atoms with van der Waals surface area (Å²) in [7, 11) is 0. The quantitative estimate of drug-likeness (QED) is 0.0403. The number of unbranched alkanes of at least 4 members (excludes halogenated alkanes) is 11. The van der Waals surface area contributed by atoms with Gasteiger partial charge in [0, 0.05) is 39.7 Å². The number of ether oxygens (including phenoxy) is 7. The summed E-state index contributed by atoms with van der Waals surface area (Å²) in [5.74, 6) is -1.76. The van der Waals surface area contributed by atoms with Crippen LogP contribution in [0.4, 0.5) is 0 Å². The van der Waals surface area contributed by atoms with Crippen molar-refractivity contribution in [1.82, 2.24) is 0 Å². The Morgan fingerprint density at radius 3 is 1.56 bits per heavy atom. The molecule has 0 radical (unpaired) electrons. The second-order valence-corrected chi connectivity index (χ2v) is 16.5. The fourth-order valence-electron chi connectivity index (χ4n) is 8.60. The molecule has 2 saturated heterocycles. The van der Waals surface area contributed by atoms with Gasteiger partial charge >= 0.3 is 29.8 Å². The highest BCUT2D eigenvalue weighted by molar-refractivity contribution is 5.91. The fraction of sp³-hybridized carbons (Fsp3) is 0.844. The average molecular weight is 807 g/mol. The molecule has 12 nitrogen and oxygen atoms in total. The summed E-state index contributed by atoms with van der Waals surface area (Å²) in [4.78, 5) is 60.1. The standard InChI is InChI=1S/C45H74O12/c1-7-8-9-10-11-12-16-19-22-39(53-33(4)47)43-27-28-44(57-43)41(55-35(6)49)26-25-40(54-34(5)48)42-24-23-37(56-42)20-17-14-13-15-18-21-38(52-32(3)46)30-36-29-31(2)51-45(36)50/h29,31,37-44H,7-28,30H2,1-6H3/t31-,37+,38+,39-,40-,41+,42-,43+,44+/m0/s1. The monoisotopic (exact) mass is 807 g/mol. The molecule has 0 aliphatic carbocycles. The lowest BCUT2D eigenvalue weighted by Gasteiger charge is -2.29. The zero-order valence-corrected chi connectivity index (χ0v) is 35.9. The van der Waals surface area contributed by atoms with E-state index in [-0.39, 0.29) is 66.6 Å². The maximum absolute atomic E-state index is 12.2. The van der Waals surface area contributed by atoms with Gasteiger partial charge in [-0.25, -0.2) is 4.79 Å². The predicted octanol–water partition coefficient (Wildman–Crippen LogP) is 9.11. The van der Waals surface area contributed by atoms with Crippen molar-refractivity contribution < 1.29 is 57.1 Å². The molecule has 3 heterocycles. The van der Waals surface area contributed by atoms with E-state index in [0.29, 0.717) is 44.1 Å². The summed E-state index contributed by atoms with van der Waals surface area (Å²) in [6.45, 7) is 9.67. The van der Waals surface area contributed by atoms with Crippen molar-refractivity contribution in [1.29, 1.82) is 0 Å². The Kier molecular flexibility index (Phi) is 22.8. The van der Waals surface area contributed by atoms with Crippen LogP contribution in [0.1, 0.15) is 189 Å². The topological polar surface area (TPSA) is 150 Å². The van der Waals surface area contributed by atoms with Gasteiger partial charge in [-0.1, -0.05) is 77.6 Å². The molecule has 9 atom stereocenters. The van der Waals surface area contributed by atoms with Gasteiger partial charge in [0.2, 0.25) is 0 Å². The molecule has 326 valence electrons. The molecule has 0 aromatic carbocycles. The minimum Gasteiger partial charge on any atom is -0.462 e. The van der Waals surface area contributed by atoms with E-state index in [9.17, 15) is 24.0 Å². The van der Waals surface area contributed by atoms with Crippen molar-refractivity contribution in [3.05, 3.63) is 11.6 Å². The number of carbonyl (C=O) groups is 5. The highest BCUT2D eigenvalue weighted by atomic mass is 16.6. The van der Waals surface area contributed by atoms with Crippen LogP contribution in [0.25, 0.3) is 0 Å². The third-order valence-corrected chi connectivity index (χ3v) is 11.3. The van der Waals surface area contributed by atoms with Crippen LogP contribution in [0.3, 0.4) is 0 Å². The third kappa shape index (κ3) is 19.5. The van der Waals surface area contributed by atoms with Crippen molar-refractivity contribution in [2.75, 3.05) is 0 Å². The molecule has 0 aromatic rings. The summed E-state index contributed by atoms with van der Waals surface area (Å²) < 4.78 is 40.9. The number of cyclic esters (lactones) is 1. The summed E-state index contributed by atoms with van der Waals surface area (Å²) in [6, 6.07) is 0.